The maximum atomic E-state index is 13.4. The highest BCUT2D eigenvalue weighted by Gasteiger charge is 2.24. The van der Waals surface area contributed by atoms with Crippen molar-refractivity contribution in [1.29, 1.82) is 0 Å². The zero-order chi connectivity index (χ0) is 22.5. The van der Waals surface area contributed by atoms with Crippen LogP contribution >= 0.6 is 0 Å². The van der Waals surface area contributed by atoms with Gasteiger partial charge in [0.05, 0.1) is 11.0 Å². The Balaban J connectivity index is 2.07. The van der Waals surface area contributed by atoms with Gasteiger partial charge < -0.3 is 9.47 Å². The van der Waals surface area contributed by atoms with Crippen LogP contribution < -0.4 is 4.74 Å². The monoisotopic (exact) mass is 427 g/mol. The number of nitrogens with zero attached hydrogens (tertiary/aromatic N) is 1. The van der Waals surface area contributed by atoms with Crippen LogP contribution in [0.2, 0.25) is 0 Å². The first kappa shape index (κ1) is 21.9. The van der Waals surface area contributed by atoms with Crippen molar-refractivity contribution in [2.75, 3.05) is 0 Å². The van der Waals surface area contributed by atoms with Gasteiger partial charge in [0, 0.05) is 12.1 Å². The molecular formula is C23H19F2NO5. The summed E-state index contributed by atoms with van der Waals surface area (Å²) in [5, 5.41) is 11.2. The van der Waals surface area contributed by atoms with E-state index in [1.807, 2.05) is 0 Å². The van der Waals surface area contributed by atoms with E-state index in [-0.39, 0.29) is 17.0 Å². The SMILES string of the molecule is CC(C)OC(=O)c1cc([N+](=O)[O-])ccc1OC(c1ccc(F)cc1)c1ccc(F)cc1. The summed E-state index contributed by atoms with van der Waals surface area (Å²) in [6.45, 7) is 3.30. The molecule has 0 aromatic heterocycles. The number of nitro benzene ring substituents is 1. The summed E-state index contributed by atoms with van der Waals surface area (Å²) < 4.78 is 38.1. The number of rotatable bonds is 7. The third kappa shape index (κ3) is 5.42. The van der Waals surface area contributed by atoms with Crippen molar-refractivity contribution in [3.8, 4) is 5.75 Å². The topological polar surface area (TPSA) is 78.7 Å². The molecule has 0 N–H and O–H groups in total. The second-order valence-electron chi connectivity index (χ2n) is 6.99. The summed E-state index contributed by atoms with van der Waals surface area (Å²) >= 11 is 0. The van der Waals surface area contributed by atoms with E-state index in [1.54, 1.807) is 13.8 Å². The Kier molecular flexibility index (Phi) is 6.59. The average Bonchev–Trinajstić information content (AvgIpc) is 2.73. The van der Waals surface area contributed by atoms with E-state index in [0.29, 0.717) is 11.1 Å². The van der Waals surface area contributed by atoms with Crippen LogP contribution in [-0.2, 0) is 4.74 Å². The van der Waals surface area contributed by atoms with Crippen LogP contribution in [0.5, 0.6) is 5.75 Å². The molecule has 0 aliphatic carbocycles. The van der Waals surface area contributed by atoms with Crippen LogP contribution in [0.1, 0.15) is 41.4 Å². The lowest BCUT2D eigenvalue weighted by Crippen LogP contribution is -2.16. The molecular weight excluding hydrogens is 408 g/mol. The van der Waals surface area contributed by atoms with Gasteiger partial charge in [-0.2, -0.15) is 0 Å². The van der Waals surface area contributed by atoms with Crippen molar-refractivity contribution < 1.29 is 28.0 Å². The molecule has 0 heterocycles. The van der Waals surface area contributed by atoms with Gasteiger partial charge in [0.2, 0.25) is 0 Å². The van der Waals surface area contributed by atoms with Crippen molar-refractivity contribution >= 4 is 11.7 Å². The normalized spacial score (nSPS) is 10.9. The largest absolute Gasteiger partial charge is 0.480 e. The minimum atomic E-state index is -0.840. The van der Waals surface area contributed by atoms with Crippen LogP contribution in [0.4, 0.5) is 14.5 Å². The molecule has 3 aromatic carbocycles. The summed E-state index contributed by atoms with van der Waals surface area (Å²) in [4.78, 5) is 23.1. The Morgan fingerprint density at radius 3 is 1.87 bits per heavy atom. The molecule has 0 aliphatic rings. The Morgan fingerprint density at radius 2 is 1.42 bits per heavy atom. The van der Waals surface area contributed by atoms with Crippen molar-refractivity contribution in [2.45, 2.75) is 26.1 Å². The minimum Gasteiger partial charge on any atom is -0.480 e. The molecule has 0 saturated heterocycles. The van der Waals surface area contributed by atoms with Gasteiger partial charge in [-0.1, -0.05) is 24.3 Å². The molecule has 0 unspecified atom stereocenters. The molecule has 0 saturated carbocycles. The van der Waals surface area contributed by atoms with Crippen molar-refractivity contribution in [2.24, 2.45) is 0 Å². The fraction of sp³-hybridized carbons (Fsp3) is 0.174. The second-order valence-corrected chi connectivity index (χ2v) is 6.99. The predicted molar refractivity (Wildman–Crippen MR) is 109 cm³/mol. The first-order valence-electron chi connectivity index (χ1n) is 9.41. The van der Waals surface area contributed by atoms with E-state index < -0.39 is 34.7 Å². The van der Waals surface area contributed by atoms with Crippen LogP contribution in [0.15, 0.2) is 66.7 Å². The third-order valence-electron chi connectivity index (χ3n) is 4.33. The lowest BCUT2D eigenvalue weighted by atomic mass is 10.0. The molecule has 31 heavy (non-hydrogen) atoms. The Morgan fingerprint density at radius 1 is 0.903 bits per heavy atom. The van der Waals surface area contributed by atoms with Gasteiger partial charge in [0.15, 0.2) is 0 Å². The van der Waals surface area contributed by atoms with Crippen LogP contribution in [0.25, 0.3) is 0 Å². The second kappa shape index (κ2) is 9.34. The van der Waals surface area contributed by atoms with Gasteiger partial charge in [-0.25, -0.2) is 13.6 Å². The number of hydrogen-bond acceptors (Lipinski definition) is 5. The first-order chi connectivity index (χ1) is 14.7. The Labute approximate surface area is 177 Å². The Hall–Kier alpha value is -3.81. The number of non-ortho nitro benzene ring substituents is 1. The van der Waals surface area contributed by atoms with Crippen LogP contribution in [0, 0.1) is 21.7 Å². The summed E-state index contributed by atoms with van der Waals surface area (Å²) in [7, 11) is 0. The zero-order valence-corrected chi connectivity index (χ0v) is 16.7. The molecule has 0 fully saturated rings. The Bertz CT molecular complexity index is 1040. The standard InChI is InChI=1S/C23H19F2NO5/c1-14(2)30-23(27)20-13-19(26(28)29)11-12-21(20)31-22(15-3-7-17(24)8-4-15)16-5-9-18(25)10-6-16/h3-14,22H,1-2H3. The fourth-order valence-electron chi connectivity index (χ4n) is 2.90. The lowest BCUT2D eigenvalue weighted by Gasteiger charge is -2.22. The van der Waals surface area contributed by atoms with E-state index >= 15 is 0 Å². The smallest absolute Gasteiger partial charge is 0.342 e. The van der Waals surface area contributed by atoms with Crippen molar-refractivity contribution in [3.05, 3.63) is 105 Å². The number of carbonyl (C=O) groups is 1. The van der Waals surface area contributed by atoms with Crippen molar-refractivity contribution in [3.63, 3.8) is 0 Å². The molecule has 0 amide bonds. The maximum Gasteiger partial charge on any atom is 0.342 e. The number of esters is 1. The van der Waals surface area contributed by atoms with Crippen LogP contribution in [-0.4, -0.2) is 17.0 Å². The number of carbonyl (C=O) groups excluding carboxylic acids is 1. The number of ether oxygens (including phenoxy) is 2. The summed E-state index contributed by atoms with van der Waals surface area (Å²) in [6, 6.07) is 14.6. The maximum absolute atomic E-state index is 13.4. The van der Waals surface area contributed by atoms with Crippen molar-refractivity contribution in [1.82, 2.24) is 0 Å². The van der Waals surface area contributed by atoms with Gasteiger partial charge in [-0.15, -0.1) is 0 Å². The third-order valence-corrected chi connectivity index (χ3v) is 4.33. The lowest BCUT2D eigenvalue weighted by molar-refractivity contribution is -0.384. The highest BCUT2D eigenvalue weighted by molar-refractivity contribution is 5.93. The predicted octanol–water partition coefficient (Wildman–Crippen LogP) is 5.61. The molecule has 0 radical (unpaired) electrons. The van der Waals surface area contributed by atoms with E-state index in [2.05, 4.69) is 0 Å². The van der Waals surface area contributed by atoms with Gasteiger partial charge >= 0.3 is 5.97 Å². The molecule has 3 rings (SSSR count). The minimum absolute atomic E-state index is 0.0369. The van der Waals surface area contributed by atoms with Gasteiger partial charge in [0.25, 0.3) is 5.69 Å². The molecule has 6 nitrogen and oxygen atoms in total. The van der Waals surface area contributed by atoms with Gasteiger partial charge in [-0.05, 0) is 55.3 Å². The quantitative estimate of drug-likeness (QED) is 0.278. The van der Waals surface area contributed by atoms with Crippen LogP contribution in [0.3, 0.4) is 0 Å². The molecule has 3 aromatic rings. The number of hydrogen-bond donors (Lipinski definition) is 0. The number of halogens is 2. The first-order valence-corrected chi connectivity index (χ1v) is 9.41. The highest BCUT2D eigenvalue weighted by Crippen LogP contribution is 2.33. The molecule has 0 aliphatic heterocycles. The van der Waals surface area contributed by atoms with Gasteiger partial charge in [0.1, 0.15) is 29.1 Å². The fourth-order valence-corrected chi connectivity index (χ4v) is 2.90. The number of nitro groups is 1. The molecule has 0 bridgehead atoms. The van der Waals surface area contributed by atoms with Gasteiger partial charge in [-0.3, -0.25) is 10.1 Å². The van der Waals surface area contributed by atoms with E-state index in [4.69, 9.17) is 9.47 Å². The molecule has 160 valence electrons. The summed E-state index contributed by atoms with van der Waals surface area (Å²) in [5.41, 5.74) is 0.643. The average molecular weight is 427 g/mol. The van der Waals surface area contributed by atoms with E-state index in [1.165, 1.54) is 60.7 Å². The molecule has 0 atom stereocenters. The zero-order valence-electron chi connectivity index (χ0n) is 16.7. The van der Waals surface area contributed by atoms with E-state index in [0.717, 1.165) is 6.07 Å². The summed E-state index contributed by atoms with van der Waals surface area (Å²) in [5.74, 6) is -1.64. The molecule has 8 heteroatoms. The summed E-state index contributed by atoms with van der Waals surface area (Å²) in [6.07, 6.45) is -1.29. The molecule has 0 spiro atoms. The van der Waals surface area contributed by atoms with E-state index in [9.17, 15) is 23.7 Å². The highest BCUT2D eigenvalue weighted by atomic mass is 19.1. The number of benzene rings is 3.